The number of carbonyl (C=O) groups is 1. The lowest BCUT2D eigenvalue weighted by Crippen LogP contribution is -2.21. The molecule has 0 radical (unpaired) electrons. The van der Waals surface area contributed by atoms with Crippen molar-refractivity contribution in [3.05, 3.63) is 47.9 Å². The first-order valence-corrected chi connectivity index (χ1v) is 6.81. The highest BCUT2D eigenvalue weighted by Gasteiger charge is 2.10. The van der Waals surface area contributed by atoms with Gasteiger partial charge in [-0.15, -0.1) is 5.10 Å². The number of furan rings is 1. The Hall–Kier alpha value is -2.96. The molecule has 2 aromatic heterocycles. The molecule has 0 bridgehead atoms. The number of carbonyl (C=O) groups excluding carboxylic acids is 1. The Morgan fingerprint density at radius 2 is 2.18 bits per heavy atom. The average molecular weight is 297 g/mol. The predicted molar refractivity (Wildman–Crippen MR) is 81.5 cm³/mol. The van der Waals surface area contributed by atoms with Crippen LogP contribution in [0.3, 0.4) is 0 Å². The van der Waals surface area contributed by atoms with Gasteiger partial charge in [-0.1, -0.05) is 17.3 Å². The number of hydrazone groups is 1. The first kappa shape index (κ1) is 14.0. The van der Waals surface area contributed by atoms with Crippen molar-refractivity contribution in [1.82, 2.24) is 20.4 Å². The Morgan fingerprint density at radius 3 is 2.95 bits per heavy atom. The number of hydrogen-bond donors (Lipinski definition) is 1. The van der Waals surface area contributed by atoms with Crippen LogP contribution < -0.4 is 5.43 Å². The second-order valence-electron chi connectivity index (χ2n) is 4.91. The van der Waals surface area contributed by atoms with E-state index in [1.165, 1.54) is 6.26 Å². The molecule has 22 heavy (non-hydrogen) atoms. The summed E-state index contributed by atoms with van der Waals surface area (Å²) >= 11 is 0. The van der Waals surface area contributed by atoms with Gasteiger partial charge in [-0.05, 0) is 32.0 Å². The van der Waals surface area contributed by atoms with Crippen molar-refractivity contribution in [2.75, 3.05) is 0 Å². The number of rotatable bonds is 4. The van der Waals surface area contributed by atoms with Crippen LogP contribution in [0.4, 0.5) is 0 Å². The van der Waals surface area contributed by atoms with E-state index in [2.05, 4.69) is 20.8 Å². The normalized spacial score (nSPS) is 11.8. The van der Waals surface area contributed by atoms with Gasteiger partial charge in [-0.25, -0.2) is 10.1 Å². The Labute approximate surface area is 126 Å². The summed E-state index contributed by atoms with van der Waals surface area (Å²) in [6.07, 6.45) is 1.47. The minimum Gasteiger partial charge on any atom is -0.469 e. The third kappa shape index (κ3) is 2.73. The van der Waals surface area contributed by atoms with Gasteiger partial charge in [0.1, 0.15) is 11.3 Å². The maximum Gasteiger partial charge on any atom is 0.274 e. The van der Waals surface area contributed by atoms with Crippen molar-refractivity contribution in [2.24, 2.45) is 5.10 Å². The molecule has 2 heterocycles. The van der Waals surface area contributed by atoms with E-state index >= 15 is 0 Å². The van der Waals surface area contributed by atoms with Gasteiger partial charge in [0.2, 0.25) is 0 Å². The minimum atomic E-state index is -0.297. The van der Waals surface area contributed by atoms with Crippen molar-refractivity contribution in [2.45, 2.75) is 20.4 Å². The number of aryl methyl sites for hydroxylation is 1. The number of nitrogens with one attached hydrogen (secondary N) is 1. The smallest absolute Gasteiger partial charge is 0.274 e. The summed E-state index contributed by atoms with van der Waals surface area (Å²) in [6, 6.07) is 9.29. The lowest BCUT2D eigenvalue weighted by atomic mass is 10.2. The molecule has 0 spiro atoms. The standard InChI is InChI=1S/C15H15N5O2/c1-10(16-18-15(21)12-7-8-22-11(12)2)9-20-14-6-4-3-5-13(14)17-19-20/h3-8H,9H2,1-2H3,(H,18,21)/b16-10-. The van der Waals surface area contributed by atoms with Gasteiger partial charge >= 0.3 is 0 Å². The summed E-state index contributed by atoms with van der Waals surface area (Å²) in [7, 11) is 0. The largest absolute Gasteiger partial charge is 0.469 e. The SMILES string of the molecule is C/C(Cn1nnc2ccccc21)=N/NC(=O)c1ccoc1C. The zero-order chi connectivity index (χ0) is 15.5. The molecule has 3 rings (SSSR count). The van der Waals surface area contributed by atoms with E-state index in [1.807, 2.05) is 31.2 Å². The molecule has 0 saturated heterocycles. The third-order valence-electron chi connectivity index (χ3n) is 3.25. The van der Waals surface area contributed by atoms with Crippen LogP contribution in [-0.4, -0.2) is 26.6 Å². The van der Waals surface area contributed by atoms with Gasteiger partial charge in [0, 0.05) is 0 Å². The fraction of sp³-hybridized carbons (Fsp3) is 0.200. The van der Waals surface area contributed by atoms with Gasteiger partial charge in [0.25, 0.3) is 5.91 Å². The highest BCUT2D eigenvalue weighted by Crippen LogP contribution is 2.10. The van der Waals surface area contributed by atoms with Gasteiger partial charge in [0.15, 0.2) is 0 Å². The summed E-state index contributed by atoms with van der Waals surface area (Å²) < 4.78 is 6.83. The van der Waals surface area contributed by atoms with E-state index in [-0.39, 0.29) is 5.91 Å². The monoisotopic (exact) mass is 297 g/mol. The predicted octanol–water partition coefficient (Wildman–Crippen LogP) is 2.14. The van der Waals surface area contributed by atoms with Crippen molar-refractivity contribution in [3.63, 3.8) is 0 Å². The number of para-hydroxylation sites is 1. The summed E-state index contributed by atoms with van der Waals surface area (Å²) in [5.74, 6) is 0.265. The van der Waals surface area contributed by atoms with Crippen LogP contribution in [0, 0.1) is 6.92 Å². The zero-order valence-electron chi connectivity index (χ0n) is 12.3. The molecule has 0 aliphatic rings. The van der Waals surface area contributed by atoms with E-state index in [0.29, 0.717) is 23.6 Å². The molecule has 0 unspecified atom stereocenters. The highest BCUT2D eigenvalue weighted by atomic mass is 16.3. The van der Waals surface area contributed by atoms with Crippen molar-refractivity contribution in [3.8, 4) is 0 Å². The summed E-state index contributed by atoms with van der Waals surface area (Å²) in [5, 5.41) is 12.3. The summed E-state index contributed by atoms with van der Waals surface area (Å²) in [5.41, 5.74) is 5.45. The molecule has 1 N–H and O–H groups in total. The molecule has 3 aromatic rings. The molecule has 0 aliphatic carbocycles. The number of nitrogens with zero attached hydrogens (tertiary/aromatic N) is 4. The van der Waals surface area contributed by atoms with Crippen LogP contribution in [0.2, 0.25) is 0 Å². The Bertz CT molecular complexity index is 846. The van der Waals surface area contributed by atoms with Gasteiger partial charge in [-0.2, -0.15) is 5.10 Å². The van der Waals surface area contributed by atoms with Crippen molar-refractivity contribution < 1.29 is 9.21 Å². The summed E-state index contributed by atoms with van der Waals surface area (Å²) in [6.45, 7) is 4.00. The number of fused-ring (bicyclic) bond motifs is 1. The first-order valence-electron chi connectivity index (χ1n) is 6.81. The molecular formula is C15H15N5O2. The number of benzene rings is 1. The molecule has 112 valence electrons. The second kappa shape index (κ2) is 5.80. The Kier molecular flexibility index (Phi) is 3.69. The molecule has 7 heteroatoms. The number of amides is 1. The fourth-order valence-electron chi connectivity index (χ4n) is 2.11. The van der Waals surface area contributed by atoms with Crippen LogP contribution >= 0.6 is 0 Å². The van der Waals surface area contributed by atoms with E-state index < -0.39 is 0 Å². The van der Waals surface area contributed by atoms with Crippen LogP contribution in [0.15, 0.2) is 46.1 Å². The molecule has 0 atom stereocenters. The molecule has 1 aromatic carbocycles. The molecule has 0 fully saturated rings. The van der Waals surface area contributed by atoms with Crippen molar-refractivity contribution in [1.29, 1.82) is 0 Å². The Balaban J connectivity index is 1.70. The van der Waals surface area contributed by atoms with E-state index in [0.717, 1.165) is 11.0 Å². The third-order valence-corrected chi connectivity index (χ3v) is 3.25. The highest BCUT2D eigenvalue weighted by molar-refractivity contribution is 5.96. The molecule has 1 amide bonds. The molecule has 0 saturated carbocycles. The average Bonchev–Trinajstić information content (AvgIpc) is 3.12. The minimum absolute atomic E-state index is 0.297. The van der Waals surface area contributed by atoms with Gasteiger partial charge in [-0.3, -0.25) is 4.79 Å². The van der Waals surface area contributed by atoms with Crippen LogP contribution in [0.25, 0.3) is 11.0 Å². The lowest BCUT2D eigenvalue weighted by molar-refractivity contribution is 0.0953. The van der Waals surface area contributed by atoms with Crippen LogP contribution in [-0.2, 0) is 6.54 Å². The topological polar surface area (TPSA) is 85.3 Å². The van der Waals surface area contributed by atoms with Crippen LogP contribution in [0.5, 0.6) is 0 Å². The number of aromatic nitrogens is 3. The molecule has 0 aliphatic heterocycles. The Morgan fingerprint density at radius 1 is 1.36 bits per heavy atom. The van der Waals surface area contributed by atoms with Crippen molar-refractivity contribution >= 4 is 22.7 Å². The van der Waals surface area contributed by atoms with E-state index in [9.17, 15) is 4.79 Å². The van der Waals surface area contributed by atoms with E-state index in [4.69, 9.17) is 4.42 Å². The second-order valence-corrected chi connectivity index (χ2v) is 4.91. The fourth-order valence-corrected chi connectivity index (χ4v) is 2.11. The first-order chi connectivity index (χ1) is 10.6. The van der Waals surface area contributed by atoms with Crippen LogP contribution in [0.1, 0.15) is 23.0 Å². The maximum atomic E-state index is 11.9. The lowest BCUT2D eigenvalue weighted by Gasteiger charge is -2.03. The summed E-state index contributed by atoms with van der Waals surface area (Å²) in [4.78, 5) is 11.9. The van der Waals surface area contributed by atoms with Gasteiger partial charge < -0.3 is 4.42 Å². The van der Waals surface area contributed by atoms with Gasteiger partial charge in [0.05, 0.1) is 29.6 Å². The maximum absolute atomic E-state index is 11.9. The van der Waals surface area contributed by atoms with E-state index in [1.54, 1.807) is 17.7 Å². The molecule has 7 nitrogen and oxygen atoms in total. The zero-order valence-corrected chi connectivity index (χ0v) is 12.3. The molecular weight excluding hydrogens is 282 g/mol. The number of hydrogen-bond acceptors (Lipinski definition) is 5. The quantitative estimate of drug-likeness (QED) is 0.590.